The van der Waals surface area contributed by atoms with Crippen molar-refractivity contribution in [3.05, 3.63) is 40.7 Å². The van der Waals surface area contributed by atoms with Gasteiger partial charge in [-0.05, 0) is 105 Å². The number of hydrogen-bond acceptors (Lipinski definition) is 16. The van der Waals surface area contributed by atoms with Crippen LogP contribution < -0.4 is 11.1 Å². The molecule has 6 rings (SSSR count). The van der Waals surface area contributed by atoms with Gasteiger partial charge in [-0.3, -0.25) is 14.6 Å². The molecule has 16 nitrogen and oxygen atoms in total. The fraction of sp³-hybridized carbons (Fsp3) is 0.696. The number of nitrogens with one attached hydrogen (secondary N) is 1. The number of nitrogens with two attached hydrogens (primary N) is 1. The zero-order chi connectivity index (χ0) is 47.3. The van der Waals surface area contributed by atoms with Gasteiger partial charge in [-0.15, -0.1) is 11.3 Å². The number of esters is 1. The lowest BCUT2D eigenvalue weighted by atomic mass is 9.71. The van der Waals surface area contributed by atoms with Crippen LogP contribution >= 0.6 is 11.3 Å². The number of pyridine rings is 1. The van der Waals surface area contributed by atoms with Crippen molar-refractivity contribution < 1.29 is 52.8 Å². The fourth-order valence-electron chi connectivity index (χ4n) is 9.38. The number of amides is 1. The highest BCUT2D eigenvalue weighted by Crippen LogP contribution is 2.43. The molecule has 2 fully saturated rings. The molecule has 18 heteroatoms. The summed E-state index contributed by atoms with van der Waals surface area (Å²) >= 11 is 1.41. The standard InChI is InChI=1S/C46H69FN6O10S/c1-12-35-46(9,58)32-17-16-31(52-60-23-30-15-14-29(21-49-30)41-51-36(48)24-64-41)22-59-44(7,20-26(4)33(18-25(32)3)50-37(54)13-2)40(28(6)39(56)45(8,47)43(57)62-35)63-42-38(55)34(53(10)11)19-27(5)61-42/h14-15,21,24-25,27-28,32,34-35,38,40,42,55,58H,12-13,16-20,22-23,48H2,1-11H3,(H,50,54)/b33-26+,52-31?. The Bertz CT molecular complexity index is 2010. The number of rotatable bonds is 10. The van der Waals surface area contributed by atoms with Crippen LogP contribution in [0.2, 0.25) is 0 Å². The second-order valence-electron chi connectivity index (χ2n) is 18.6. The van der Waals surface area contributed by atoms with Crippen molar-refractivity contribution in [2.24, 2.45) is 22.9 Å². The zero-order valence-electron chi connectivity index (χ0n) is 39.2. The Kier molecular flexibility index (Phi) is 16.9. The Morgan fingerprint density at radius 1 is 1.17 bits per heavy atom. The molecule has 2 aromatic rings. The molecule has 0 aromatic carbocycles. The number of hydrogen-bond donors (Lipinski definition) is 4. The number of thiazole rings is 1. The number of nitrogens with zero attached hydrogens (tertiary/aromatic N) is 4. The van der Waals surface area contributed by atoms with E-state index in [9.17, 15) is 24.6 Å². The van der Waals surface area contributed by atoms with E-state index in [2.05, 4.69) is 20.4 Å². The van der Waals surface area contributed by atoms with Crippen LogP contribution in [0.3, 0.4) is 0 Å². The Morgan fingerprint density at radius 2 is 1.89 bits per heavy atom. The summed E-state index contributed by atoms with van der Waals surface area (Å²) in [5.41, 5.74) is 2.42. The number of nitrogen functional groups attached to an aromatic ring is 1. The van der Waals surface area contributed by atoms with Crippen molar-refractivity contribution in [3.8, 4) is 10.6 Å². The number of oxime groups is 1. The molecule has 5 N–H and O–H groups in total. The molecule has 12 atom stereocenters. The van der Waals surface area contributed by atoms with Gasteiger partial charge in [0, 0.05) is 47.6 Å². The predicted octanol–water partition coefficient (Wildman–Crippen LogP) is 5.89. The van der Waals surface area contributed by atoms with Crippen LogP contribution in [0, 0.1) is 17.8 Å². The van der Waals surface area contributed by atoms with Gasteiger partial charge in [-0.25, -0.2) is 14.2 Å². The van der Waals surface area contributed by atoms with Crippen LogP contribution in [0.5, 0.6) is 0 Å². The number of allylic oxidation sites excluding steroid dienone is 1. The van der Waals surface area contributed by atoms with E-state index in [-0.39, 0.29) is 69.7 Å². The topological polar surface area (TPSA) is 217 Å². The molecule has 6 heterocycles. The van der Waals surface area contributed by atoms with Gasteiger partial charge in [0.25, 0.3) is 5.67 Å². The third-order valence-electron chi connectivity index (χ3n) is 13.2. The van der Waals surface area contributed by atoms with Gasteiger partial charge in [0.2, 0.25) is 5.91 Å². The van der Waals surface area contributed by atoms with E-state index in [1.54, 1.807) is 45.3 Å². The summed E-state index contributed by atoms with van der Waals surface area (Å²) in [6, 6.07) is 3.27. The van der Waals surface area contributed by atoms with Crippen molar-refractivity contribution >= 4 is 40.5 Å². The number of carbonyl (C=O) groups is 3. The van der Waals surface area contributed by atoms with Crippen LogP contribution in [0.15, 0.2) is 40.1 Å². The van der Waals surface area contributed by atoms with Crippen molar-refractivity contribution in [2.75, 3.05) is 26.4 Å². The number of aromatic nitrogens is 2. The molecule has 2 bridgehead atoms. The lowest BCUT2D eigenvalue weighted by Crippen LogP contribution is -2.60. The van der Waals surface area contributed by atoms with Gasteiger partial charge in [0.1, 0.15) is 28.6 Å². The van der Waals surface area contributed by atoms with E-state index in [0.29, 0.717) is 34.9 Å². The second kappa shape index (κ2) is 21.2. The summed E-state index contributed by atoms with van der Waals surface area (Å²) < 4.78 is 42.8. The summed E-state index contributed by atoms with van der Waals surface area (Å²) in [6.07, 6.45) is -2.22. The van der Waals surface area contributed by atoms with Gasteiger partial charge in [0.15, 0.2) is 18.7 Å². The molecule has 0 radical (unpaired) electrons. The number of aliphatic hydroxyl groups is 2. The average molecular weight is 917 g/mol. The smallest absolute Gasteiger partial charge is 0.351 e. The van der Waals surface area contributed by atoms with Crippen molar-refractivity contribution in [1.82, 2.24) is 20.2 Å². The number of likely N-dealkylation sites (N-methyl/N-ethyl adjacent to an activating group) is 1. The summed E-state index contributed by atoms with van der Waals surface area (Å²) in [6.45, 7) is 14.5. The first kappa shape index (κ1) is 51.1. The van der Waals surface area contributed by atoms with Gasteiger partial charge in [-0.2, -0.15) is 0 Å². The van der Waals surface area contributed by atoms with Crippen molar-refractivity contribution in [2.45, 2.75) is 167 Å². The summed E-state index contributed by atoms with van der Waals surface area (Å²) in [4.78, 5) is 58.4. The predicted molar refractivity (Wildman–Crippen MR) is 240 cm³/mol. The molecule has 12 unspecified atom stereocenters. The molecule has 64 heavy (non-hydrogen) atoms. The molecule has 0 spiro atoms. The first-order valence-corrected chi connectivity index (χ1v) is 23.2. The van der Waals surface area contributed by atoms with Crippen LogP contribution in [0.1, 0.15) is 113 Å². The third-order valence-corrected chi connectivity index (χ3v) is 14.1. The van der Waals surface area contributed by atoms with Crippen LogP contribution in [-0.4, -0.2) is 123 Å². The summed E-state index contributed by atoms with van der Waals surface area (Å²) in [5.74, 6) is -4.81. The minimum absolute atomic E-state index is 0.00326. The molecule has 356 valence electrons. The quantitative estimate of drug-likeness (QED) is 0.124. The number of aliphatic hydroxyl groups excluding tert-OH is 1. The highest BCUT2D eigenvalue weighted by atomic mass is 32.1. The number of halogens is 1. The first-order chi connectivity index (χ1) is 30.0. The molecular formula is C46H69FN6O10S. The minimum atomic E-state index is -3.19. The van der Waals surface area contributed by atoms with E-state index in [1.807, 2.05) is 45.8 Å². The average Bonchev–Trinajstić information content (AvgIpc) is 3.68. The number of Topliss-reactive ketones (excluding diaryl/α,β-unsaturated/α-hetero) is 1. The fourth-order valence-corrected chi connectivity index (χ4v) is 10.1. The molecule has 4 aliphatic heterocycles. The maximum Gasteiger partial charge on any atom is 0.351 e. The number of anilines is 1. The Labute approximate surface area is 380 Å². The summed E-state index contributed by atoms with van der Waals surface area (Å²) in [7, 11) is 3.66. The van der Waals surface area contributed by atoms with Crippen molar-refractivity contribution in [1.29, 1.82) is 0 Å². The van der Waals surface area contributed by atoms with E-state index in [4.69, 9.17) is 29.5 Å². The monoisotopic (exact) mass is 916 g/mol. The van der Waals surface area contributed by atoms with Gasteiger partial charge in [0.05, 0.1) is 35.8 Å². The summed E-state index contributed by atoms with van der Waals surface area (Å²) in [5, 5.41) is 34.4. The van der Waals surface area contributed by atoms with Crippen LogP contribution in [0.25, 0.3) is 10.6 Å². The molecule has 2 saturated heterocycles. The van der Waals surface area contributed by atoms with E-state index < -0.39 is 71.1 Å². The maximum atomic E-state index is 17.1. The van der Waals surface area contributed by atoms with Gasteiger partial charge in [-0.1, -0.05) is 38.4 Å². The SMILES string of the molecule is CCC(=O)N/C1=C(\C)CC2(C)OCC(=NOCc3ccc(-c4nc(N)cs4)cn3)CCC(C(C)C1)C(C)(O)C(CC)OC(=O)C(C)(F)C(=O)C(C)C2OC1OC(C)CC(N(C)C)C1O. The molecule has 2 aromatic heterocycles. The third kappa shape index (κ3) is 11.7. The lowest BCUT2D eigenvalue weighted by Gasteiger charge is -2.47. The molecule has 0 aliphatic carbocycles. The lowest BCUT2D eigenvalue weighted by molar-refractivity contribution is -0.295. The molecule has 1 amide bonds. The maximum absolute atomic E-state index is 17.1. The molecule has 0 saturated carbocycles. The van der Waals surface area contributed by atoms with E-state index in [0.717, 1.165) is 17.5 Å². The number of ketones is 1. The Morgan fingerprint density at radius 3 is 2.50 bits per heavy atom. The Balaban J connectivity index is 1.66. The minimum Gasteiger partial charge on any atom is -0.457 e. The molecular weight excluding hydrogens is 848 g/mol. The number of ether oxygens (including phenoxy) is 4. The number of alkyl halides is 1. The van der Waals surface area contributed by atoms with Crippen LogP contribution in [0.4, 0.5) is 10.2 Å². The number of carbonyl (C=O) groups excluding carboxylic acids is 3. The van der Waals surface area contributed by atoms with Crippen molar-refractivity contribution in [3.63, 3.8) is 0 Å². The van der Waals surface area contributed by atoms with E-state index in [1.165, 1.54) is 18.3 Å². The highest BCUT2D eigenvalue weighted by Gasteiger charge is 2.55. The normalized spacial score (nSPS) is 36.7. The van der Waals surface area contributed by atoms with Gasteiger partial charge >= 0.3 is 5.97 Å². The second-order valence-corrected chi connectivity index (χ2v) is 19.5. The van der Waals surface area contributed by atoms with E-state index >= 15 is 4.39 Å². The van der Waals surface area contributed by atoms with Gasteiger partial charge < -0.3 is 49.9 Å². The Hall–Kier alpha value is -3.91. The zero-order valence-corrected chi connectivity index (χ0v) is 40.0. The largest absolute Gasteiger partial charge is 0.457 e. The molecule has 4 aliphatic rings. The highest BCUT2D eigenvalue weighted by molar-refractivity contribution is 7.13. The van der Waals surface area contributed by atoms with Crippen LogP contribution in [-0.2, 0) is 44.8 Å². The first-order valence-electron chi connectivity index (χ1n) is 22.3. The number of fused-ring (bicyclic) bond motifs is 14.